The molecule has 2 aromatic carbocycles. The Morgan fingerprint density at radius 1 is 0.920 bits per heavy atom. The van der Waals surface area contributed by atoms with Crippen LogP contribution in [0.1, 0.15) is 51.1 Å². The summed E-state index contributed by atoms with van der Waals surface area (Å²) in [6.07, 6.45) is 3.26. The number of amides is 2. The van der Waals surface area contributed by atoms with Gasteiger partial charge >= 0.3 is 0 Å². The van der Waals surface area contributed by atoms with Gasteiger partial charge in [0.1, 0.15) is 0 Å². The number of piperidine rings is 1. The van der Waals surface area contributed by atoms with E-state index in [4.69, 9.17) is 0 Å². The Hall–Kier alpha value is -2.62. The van der Waals surface area contributed by atoms with Crippen molar-refractivity contribution in [2.45, 2.75) is 33.1 Å². The number of benzene rings is 2. The van der Waals surface area contributed by atoms with Crippen molar-refractivity contribution in [3.05, 3.63) is 64.7 Å². The minimum atomic E-state index is -0.180. The van der Waals surface area contributed by atoms with Crippen molar-refractivity contribution in [1.82, 2.24) is 4.90 Å². The van der Waals surface area contributed by atoms with Gasteiger partial charge in [-0.2, -0.15) is 0 Å². The molecule has 1 saturated heterocycles. The lowest BCUT2D eigenvalue weighted by Crippen LogP contribution is -2.36. The van der Waals surface area contributed by atoms with Crippen molar-refractivity contribution in [3.63, 3.8) is 0 Å². The number of carbonyl (C=O) groups is 2. The highest BCUT2D eigenvalue weighted by molar-refractivity contribution is 6.09. The molecule has 1 fully saturated rings. The summed E-state index contributed by atoms with van der Waals surface area (Å²) in [4.78, 5) is 27.4. The van der Waals surface area contributed by atoms with Crippen LogP contribution in [0.4, 0.5) is 5.69 Å². The summed E-state index contributed by atoms with van der Waals surface area (Å²) in [5, 5.41) is 2.93. The molecule has 0 radical (unpaired) electrons. The zero-order valence-electron chi connectivity index (χ0n) is 14.8. The van der Waals surface area contributed by atoms with Crippen molar-refractivity contribution >= 4 is 17.5 Å². The highest BCUT2D eigenvalue weighted by Crippen LogP contribution is 2.21. The summed E-state index contributed by atoms with van der Waals surface area (Å²) >= 11 is 0. The zero-order chi connectivity index (χ0) is 17.8. The molecule has 2 amide bonds. The van der Waals surface area contributed by atoms with E-state index >= 15 is 0 Å². The van der Waals surface area contributed by atoms with Gasteiger partial charge in [-0.05, 0) is 56.9 Å². The molecule has 0 aromatic heterocycles. The normalized spacial score (nSPS) is 14.2. The Bertz CT molecular complexity index is 792. The maximum Gasteiger partial charge on any atom is 0.255 e. The van der Waals surface area contributed by atoms with Gasteiger partial charge in [0, 0.05) is 18.7 Å². The first kappa shape index (κ1) is 17.2. The molecule has 4 heteroatoms. The molecule has 25 heavy (non-hydrogen) atoms. The Morgan fingerprint density at radius 3 is 2.40 bits per heavy atom. The predicted octanol–water partition coefficient (Wildman–Crippen LogP) is 4.18. The maximum absolute atomic E-state index is 12.8. The standard InChI is InChI=1S/C21H24N2O2/c1-15-10-11-16(2)18(14-15)20(24)22-19-9-5-4-8-17(19)21(25)23-12-6-3-7-13-23/h4-5,8-11,14H,3,6-7,12-13H2,1-2H3,(H,22,24). The fraction of sp³-hybridized carbons (Fsp3) is 0.333. The number of anilines is 1. The highest BCUT2D eigenvalue weighted by Gasteiger charge is 2.21. The Kier molecular flexibility index (Phi) is 5.17. The van der Waals surface area contributed by atoms with Crippen LogP contribution >= 0.6 is 0 Å². The van der Waals surface area contributed by atoms with E-state index < -0.39 is 0 Å². The minimum Gasteiger partial charge on any atom is -0.339 e. The summed E-state index contributed by atoms with van der Waals surface area (Å²) in [5.41, 5.74) is 3.73. The molecule has 0 aliphatic carbocycles. The van der Waals surface area contributed by atoms with Gasteiger partial charge < -0.3 is 10.2 Å². The molecule has 0 saturated carbocycles. The second-order valence-corrected chi connectivity index (χ2v) is 6.67. The number of nitrogens with one attached hydrogen (secondary N) is 1. The predicted molar refractivity (Wildman–Crippen MR) is 100 cm³/mol. The van der Waals surface area contributed by atoms with E-state index in [1.54, 1.807) is 12.1 Å². The second-order valence-electron chi connectivity index (χ2n) is 6.67. The van der Waals surface area contributed by atoms with E-state index in [0.29, 0.717) is 16.8 Å². The van der Waals surface area contributed by atoms with E-state index in [1.165, 1.54) is 6.42 Å². The van der Waals surface area contributed by atoms with Gasteiger partial charge in [0.2, 0.25) is 0 Å². The van der Waals surface area contributed by atoms with Crippen molar-refractivity contribution in [3.8, 4) is 0 Å². The van der Waals surface area contributed by atoms with Gasteiger partial charge in [0.25, 0.3) is 11.8 Å². The highest BCUT2D eigenvalue weighted by atomic mass is 16.2. The lowest BCUT2D eigenvalue weighted by atomic mass is 10.0. The first-order valence-electron chi connectivity index (χ1n) is 8.83. The molecule has 0 atom stereocenters. The number of aryl methyl sites for hydroxylation is 2. The Balaban J connectivity index is 1.84. The number of hydrogen-bond acceptors (Lipinski definition) is 2. The van der Waals surface area contributed by atoms with Crippen LogP contribution in [0.2, 0.25) is 0 Å². The van der Waals surface area contributed by atoms with Crippen LogP contribution in [0.3, 0.4) is 0 Å². The Morgan fingerprint density at radius 2 is 1.64 bits per heavy atom. The van der Waals surface area contributed by atoms with Crippen LogP contribution in [-0.2, 0) is 0 Å². The third-order valence-corrected chi connectivity index (χ3v) is 4.69. The molecule has 4 nitrogen and oxygen atoms in total. The van der Waals surface area contributed by atoms with E-state index in [2.05, 4.69) is 5.32 Å². The van der Waals surface area contributed by atoms with Crippen LogP contribution in [0, 0.1) is 13.8 Å². The molecular formula is C21H24N2O2. The van der Waals surface area contributed by atoms with Crippen LogP contribution in [-0.4, -0.2) is 29.8 Å². The van der Waals surface area contributed by atoms with Gasteiger partial charge in [0.15, 0.2) is 0 Å². The molecule has 0 unspecified atom stereocenters. The SMILES string of the molecule is Cc1ccc(C)c(C(=O)Nc2ccccc2C(=O)N2CCCCC2)c1. The number of rotatable bonds is 3. The fourth-order valence-electron chi connectivity index (χ4n) is 3.22. The van der Waals surface area contributed by atoms with Crippen molar-refractivity contribution in [2.24, 2.45) is 0 Å². The first-order chi connectivity index (χ1) is 12.1. The lowest BCUT2D eigenvalue weighted by Gasteiger charge is -2.27. The topological polar surface area (TPSA) is 49.4 Å². The summed E-state index contributed by atoms with van der Waals surface area (Å²) in [5.74, 6) is -0.184. The molecule has 2 aromatic rings. The lowest BCUT2D eigenvalue weighted by molar-refractivity contribution is 0.0725. The van der Waals surface area contributed by atoms with Gasteiger partial charge in [-0.3, -0.25) is 9.59 Å². The Labute approximate surface area is 148 Å². The zero-order valence-corrected chi connectivity index (χ0v) is 14.8. The molecule has 1 heterocycles. The molecule has 130 valence electrons. The van der Waals surface area contributed by atoms with Gasteiger partial charge in [-0.15, -0.1) is 0 Å². The monoisotopic (exact) mass is 336 g/mol. The van der Waals surface area contributed by atoms with Crippen molar-refractivity contribution < 1.29 is 9.59 Å². The number of likely N-dealkylation sites (tertiary alicyclic amines) is 1. The van der Waals surface area contributed by atoms with Gasteiger partial charge in [-0.25, -0.2) is 0 Å². The smallest absolute Gasteiger partial charge is 0.255 e. The molecule has 1 N–H and O–H groups in total. The maximum atomic E-state index is 12.8. The summed E-state index contributed by atoms with van der Waals surface area (Å²) in [6, 6.07) is 13.1. The average molecular weight is 336 g/mol. The third-order valence-electron chi connectivity index (χ3n) is 4.69. The van der Waals surface area contributed by atoms with Crippen LogP contribution < -0.4 is 5.32 Å². The molecule has 1 aliphatic rings. The summed E-state index contributed by atoms with van der Waals surface area (Å²) < 4.78 is 0. The molecule has 0 bridgehead atoms. The minimum absolute atomic E-state index is 0.00318. The number of carbonyl (C=O) groups excluding carboxylic acids is 2. The number of para-hydroxylation sites is 1. The first-order valence-corrected chi connectivity index (χ1v) is 8.83. The van der Waals surface area contributed by atoms with E-state index in [1.807, 2.05) is 49.1 Å². The van der Waals surface area contributed by atoms with Gasteiger partial charge in [0.05, 0.1) is 11.3 Å². The fourth-order valence-corrected chi connectivity index (χ4v) is 3.22. The molecular weight excluding hydrogens is 312 g/mol. The van der Waals surface area contributed by atoms with Crippen molar-refractivity contribution in [1.29, 1.82) is 0 Å². The summed E-state index contributed by atoms with van der Waals surface area (Å²) in [7, 11) is 0. The molecule has 3 rings (SSSR count). The molecule has 0 spiro atoms. The van der Waals surface area contributed by atoms with Crippen LogP contribution in [0.15, 0.2) is 42.5 Å². The van der Waals surface area contributed by atoms with E-state index in [0.717, 1.165) is 37.1 Å². The third kappa shape index (κ3) is 3.90. The number of hydrogen-bond donors (Lipinski definition) is 1. The largest absolute Gasteiger partial charge is 0.339 e. The number of nitrogens with zero attached hydrogens (tertiary/aromatic N) is 1. The average Bonchev–Trinajstić information content (AvgIpc) is 2.64. The van der Waals surface area contributed by atoms with E-state index in [-0.39, 0.29) is 11.8 Å². The second kappa shape index (κ2) is 7.51. The van der Waals surface area contributed by atoms with Crippen LogP contribution in [0.25, 0.3) is 0 Å². The summed E-state index contributed by atoms with van der Waals surface area (Å²) in [6.45, 7) is 5.46. The van der Waals surface area contributed by atoms with E-state index in [9.17, 15) is 9.59 Å². The quantitative estimate of drug-likeness (QED) is 0.914. The van der Waals surface area contributed by atoms with Crippen LogP contribution in [0.5, 0.6) is 0 Å². The van der Waals surface area contributed by atoms with Crippen molar-refractivity contribution in [2.75, 3.05) is 18.4 Å². The molecule has 1 aliphatic heterocycles. The van der Waals surface area contributed by atoms with Gasteiger partial charge in [-0.1, -0.05) is 29.8 Å².